The number of aromatic nitrogens is 1. The third-order valence-electron chi connectivity index (χ3n) is 4.89. The van der Waals surface area contributed by atoms with Crippen LogP contribution in [-0.2, 0) is 13.1 Å². The number of urea groups is 1. The molecule has 1 aromatic carbocycles. The molecule has 128 valence electrons. The number of benzene rings is 1. The maximum absolute atomic E-state index is 12.8. The molecule has 0 fully saturated rings. The zero-order chi connectivity index (χ0) is 17.3. The molecule has 24 heavy (non-hydrogen) atoms. The van der Waals surface area contributed by atoms with E-state index < -0.39 is 0 Å². The SMILES string of the molecule is Cc1ccc(CNC(=O)N2CCn3c(C)ccc3C2C(C)C)cc1. The van der Waals surface area contributed by atoms with E-state index in [0.717, 1.165) is 18.7 Å². The van der Waals surface area contributed by atoms with E-state index in [2.05, 4.69) is 74.0 Å². The topological polar surface area (TPSA) is 37.3 Å². The van der Waals surface area contributed by atoms with E-state index in [1.807, 2.05) is 4.90 Å². The van der Waals surface area contributed by atoms with Gasteiger partial charge in [-0.15, -0.1) is 0 Å². The second kappa shape index (κ2) is 6.71. The highest BCUT2D eigenvalue weighted by Crippen LogP contribution is 2.33. The Hall–Kier alpha value is -2.23. The van der Waals surface area contributed by atoms with E-state index >= 15 is 0 Å². The first-order valence-electron chi connectivity index (χ1n) is 8.73. The molecule has 1 aliphatic rings. The van der Waals surface area contributed by atoms with E-state index in [1.54, 1.807) is 0 Å². The quantitative estimate of drug-likeness (QED) is 0.909. The van der Waals surface area contributed by atoms with Crippen molar-refractivity contribution in [3.63, 3.8) is 0 Å². The van der Waals surface area contributed by atoms with Crippen LogP contribution < -0.4 is 5.32 Å². The molecule has 0 saturated heterocycles. The third-order valence-corrected chi connectivity index (χ3v) is 4.89. The highest BCUT2D eigenvalue weighted by molar-refractivity contribution is 5.75. The number of hydrogen-bond acceptors (Lipinski definition) is 1. The minimum Gasteiger partial charge on any atom is -0.345 e. The first kappa shape index (κ1) is 16.6. The molecule has 1 aromatic heterocycles. The number of carbonyl (C=O) groups excluding carboxylic acids is 1. The van der Waals surface area contributed by atoms with Gasteiger partial charge in [0.15, 0.2) is 0 Å². The van der Waals surface area contributed by atoms with Crippen LogP contribution in [0.3, 0.4) is 0 Å². The van der Waals surface area contributed by atoms with Crippen molar-refractivity contribution < 1.29 is 4.79 Å². The summed E-state index contributed by atoms with van der Waals surface area (Å²) in [6.07, 6.45) is 0. The molecular weight excluding hydrogens is 298 g/mol. The Morgan fingerprint density at radius 2 is 1.83 bits per heavy atom. The summed E-state index contributed by atoms with van der Waals surface area (Å²) in [5.41, 5.74) is 4.89. The predicted molar refractivity (Wildman–Crippen MR) is 96.9 cm³/mol. The highest BCUT2D eigenvalue weighted by atomic mass is 16.2. The lowest BCUT2D eigenvalue weighted by Gasteiger charge is -2.39. The molecule has 1 atom stereocenters. The molecule has 2 amide bonds. The highest BCUT2D eigenvalue weighted by Gasteiger charge is 2.33. The van der Waals surface area contributed by atoms with Crippen LogP contribution in [0.4, 0.5) is 4.79 Å². The summed E-state index contributed by atoms with van der Waals surface area (Å²) in [6.45, 7) is 10.8. The van der Waals surface area contributed by atoms with E-state index in [0.29, 0.717) is 12.5 Å². The lowest BCUT2D eigenvalue weighted by molar-refractivity contribution is 0.132. The van der Waals surface area contributed by atoms with Crippen LogP contribution in [0.25, 0.3) is 0 Å². The van der Waals surface area contributed by atoms with Gasteiger partial charge in [-0.2, -0.15) is 0 Å². The van der Waals surface area contributed by atoms with Gasteiger partial charge in [-0.1, -0.05) is 43.7 Å². The zero-order valence-electron chi connectivity index (χ0n) is 15.0. The lowest BCUT2D eigenvalue weighted by atomic mass is 9.97. The largest absolute Gasteiger partial charge is 0.345 e. The number of hydrogen-bond donors (Lipinski definition) is 1. The van der Waals surface area contributed by atoms with Gasteiger partial charge in [0, 0.05) is 31.0 Å². The first-order chi connectivity index (χ1) is 11.5. The minimum absolute atomic E-state index is 0.0272. The van der Waals surface area contributed by atoms with Crippen molar-refractivity contribution in [3.8, 4) is 0 Å². The van der Waals surface area contributed by atoms with Crippen molar-refractivity contribution in [3.05, 3.63) is 58.9 Å². The molecule has 0 radical (unpaired) electrons. The van der Waals surface area contributed by atoms with E-state index in [9.17, 15) is 4.79 Å². The lowest BCUT2D eigenvalue weighted by Crippen LogP contribution is -2.48. The summed E-state index contributed by atoms with van der Waals surface area (Å²) in [5.74, 6) is 0.378. The zero-order valence-corrected chi connectivity index (χ0v) is 15.0. The number of fused-ring (bicyclic) bond motifs is 1. The monoisotopic (exact) mass is 325 g/mol. The molecule has 1 aliphatic heterocycles. The van der Waals surface area contributed by atoms with Crippen LogP contribution >= 0.6 is 0 Å². The van der Waals surface area contributed by atoms with Crippen molar-refractivity contribution in [1.29, 1.82) is 0 Å². The number of rotatable bonds is 3. The fraction of sp³-hybridized carbons (Fsp3) is 0.450. The minimum atomic E-state index is 0.0272. The molecule has 2 aromatic rings. The molecule has 4 heteroatoms. The Bertz CT molecular complexity index is 715. The molecule has 2 heterocycles. The van der Waals surface area contributed by atoms with Crippen LogP contribution in [-0.4, -0.2) is 22.0 Å². The smallest absolute Gasteiger partial charge is 0.318 e. The van der Waals surface area contributed by atoms with Crippen LogP contribution in [0.15, 0.2) is 36.4 Å². The summed E-state index contributed by atoms with van der Waals surface area (Å²) in [7, 11) is 0. The fourth-order valence-electron chi connectivity index (χ4n) is 3.57. The maximum atomic E-state index is 12.8. The maximum Gasteiger partial charge on any atom is 0.318 e. The summed E-state index contributed by atoms with van der Waals surface area (Å²) >= 11 is 0. The van der Waals surface area contributed by atoms with E-state index in [1.165, 1.54) is 17.0 Å². The average molecular weight is 325 g/mol. The van der Waals surface area contributed by atoms with Crippen LogP contribution in [0.2, 0.25) is 0 Å². The van der Waals surface area contributed by atoms with Crippen molar-refractivity contribution in [2.24, 2.45) is 5.92 Å². The van der Waals surface area contributed by atoms with Gasteiger partial charge >= 0.3 is 6.03 Å². The Morgan fingerprint density at radius 1 is 1.12 bits per heavy atom. The number of carbonyl (C=O) groups is 1. The molecule has 0 aliphatic carbocycles. The normalized spacial score (nSPS) is 17.0. The van der Waals surface area contributed by atoms with Gasteiger partial charge in [0.05, 0.1) is 6.04 Å². The second-order valence-electron chi connectivity index (χ2n) is 7.08. The Kier molecular flexibility index (Phi) is 4.65. The Balaban J connectivity index is 1.73. The van der Waals surface area contributed by atoms with Crippen LogP contribution in [0, 0.1) is 19.8 Å². The van der Waals surface area contributed by atoms with Crippen LogP contribution in [0.5, 0.6) is 0 Å². The molecule has 0 bridgehead atoms. The van der Waals surface area contributed by atoms with Gasteiger partial charge in [-0.3, -0.25) is 0 Å². The molecular formula is C20H27N3O. The van der Waals surface area contributed by atoms with Crippen molar-refractivity contribution in [2.45, 2.75) is 46.8 Å². The van der Waals surface area contributed by atoms with E-state index in [4.69, 9.17) is 0 Å². The Labute approximate surface area is 144 Å². The predicted octanol–water partition coefficient (Wildman–Crippen LogP) is 4.03. The molecule has 1 N–H and O–H groups in total. The van der Waals surface area contributed by atoms with Gasteiger partial charge in [0.1, 0.15) is 0 Å². The summed E-state index contributed by atoms with van der Waals surface area (Å²) < 4.78 is 2.34. The first-order valence-corrected chi connectivity index (χ1v) is 8.73. The molecule has 1 unspecified atom stereocenters. The number of nitrogens with one attached hydrogen (secondary N) is 1. The molecule has 3 rings (SSSR count). The molecule has 4 nitrogen and oxygen atoms in total. The van der Waals surface area contributed by atoms with Gasteiger partial charge in [-0.05, 0) is 37.5 Å². The molecule has 0 saturated carbocycles. The van der Waals surface area contributed by atoms with Gasteiger partial charge in [0.2, 0.25) is 0 Å². The van der Waals surface area contributed by atoms with Gasteiger partial charge < -0.3 is 14.8 Å². The van der Waals surface area contributed by atoms with Crippen molar-refractivity contribution in [2.75, 3.05) is 6.54 Å². The summed E-state index contributed by atoms with van der Waals surface area (Å²) in [4.78, 5) is 14.8. The molecule has 0 spiro atoms. The van der Waals surface area contributed by atoms with Crippen molar-refractivity contribution >= 4 is 6.03 Å². The van der Waals surface area contributed by atoms with E-state index in [-0.39, 0.29) is 12.1 Å². The van der Waals surface area contributed by atoms with Crippen LogP contribution in [0.1, 0.15) is 42.4 Å². The summed E-state index contributed by atoms with van der Waals surface area (Å²) in [6, 6.07) is 12.8. The van der Waals surface area contributed by atoms with Gasteiger partial charge in [0.25, 0.3) is 0 Å². The number of aryl methyl sites for hydroxylation is 2. The third kappa shape index (κ3) is 3.18. The van der Waals surface area contributed by atoms with Gasteiger partial charge in [-0.25, -0.2) is 4.79 Å². The second-order valence-corrected chi connectivity index (χ2v) is 7.08. The number of amides is 2. The van der Waals surface area contributed by atoms with Crippen molar-refractivity contribution in [1.82, 2.24) is 14.8 Å². The number of nitrogens with zero attached hydrogens (tertiary/aromatic N) is 2. The fourth-order valence-corrected chi connectivity index (χ4v) is 3.57. The summed E-state index contributed by atoms with van der Waals surface area (Å²) in [5, 5.41) is 3.09. The Morgan fingerprint density at radius 3 is 2.50 bits per heavy atom. The standard InChI is InChI=1S/C20H27N3O/c1-14(2)19-18-10-7-16(4)22(18)11-12-23(19)20(24)21-13-17-8-5-15(3)6-9-17/h5-10,14,19H,11-13H2,1-4H3,(H,21,24). The average Bonchev–Trinajstić information content (AvgIpc) is 2.94.